The van der Waals surface area contributed by atoms with Gasteiger partial charge in [0.25, 0.3) is 0 Å². The molecule has 0 saturated heterocycles. The zero-order valence-corrected chi connectivity index (χ0v) is 7.68. The van der Waals surface area contributed by atoms with Gasteiger partial charge in [-0.3, -0.25) is 0 Å². The standard InChI is InChI=1S/C6H5F3N2.C2H6/c1-4-10-3-2-5(11-4)6(7,8)9;1-2/h2-3H,1H3;1-2H3. The highest BCUT2D eigenvalue weighted by molar-refractivity contribution is 5.04. The Morgan fingerprint density at radius 1 is 1.23 bits per heavy atom. The van der Waals surface area contributed by atoms with Crippen molar-refractivity contribution in [2.75, 3.05) is 0 Å². The Kier molecular flexibility index (Phi) is 4.37. The molecular weight excluding hydrogens is 181 g/mol. The van der Waals surface area contributed by atoms with Gasteiger partial charge in [-0.1, -0.05) is 13.8 Å². The normalized spacial score (nSPS) is 10.3. The van der Waals surface area contributed by atoms with Crippen LogP contribution in [0.3, 0.4) is 0 Å². The molecule has 0 aromatic carbocycles. The molecule has 5 heteroatoms. The van der Waals surface area contributed by atoms with Gasteiger partial charge < -0.3 is 0 Å². The first-order valence-corrected chi connectivity index (χ1v) is 3.87. The van der Waals surface area contributed by atoms with E-state index in [0.717, 1.165) is 12.3 Å². The Labute approximate surface area is 74.8 Å². The molecular formula is C8H11F3N2. The number of aromatic nitrogens is 2. The first kappa shape index (κ1) is 11.9. The predicted molar refractivity (Wildman–Crippen MR) is 43.1 cm³/mol. The first-order chi connectivity index (χ1) is 6.00. The second-order valence-electron chi connectivity index (χ2n) is 1.99. The molecule has 1 rings (SSSR count). The Bertz CT molecular complexity index is 258. The van der Waals surface area contributed by atoms with Crippen molar-refractivity contribution in [2.24, 2.45) is 0 Å². The molecule has 2 nitrogen and oxygen atoms in total. The van der Waals surface area contributed by atoms with Gasteiger partial charge in [-0.15, -0.1) is 0 Å². The van der Waals surface area contributed by atoms with Crippen LogP contribution in [-0.2, 0) is 6.18 Å². The van der Waals surface area contributed by atoms with E-state index in [1.165, 1.54) is 6.92 Å². The third-order valence-electron chi connectivity index (χ3n) is 1.07. The fraction of sp³-hybridized carbons (Fsp3) is 0.500. The van der Waals surface area contributed by atoms with Crippen LogP contribution in [0.2, 0.25) is 0 Å². The summed E-state index contributed by atoms with van der Waals surface area (Å²) in [6, 6.07) is 0.840. The Morgan fingerprint density at radius 2 is 1.77 bits per heavy atom. The van der Waals surface area contributed by atoms with Gasteiger partial charge in [0.1, 0.15) is 11.5 Å². The van der Waals surface area contributed by atoms with Crippen molar-refractivity contribution in [2.45, 2.75) is 26.9 Å². The number of rotatable bonds is 0. The van der Waals surface area contributed by atoms with Crippen LogP contribution in [0, 0.1) is 6.92 Å². The largest absolute Gasteiger partial charge is 0.433 e. The van der Waals surface area contributed by atoms with Crippen molar-refractivity contribution in [1.82, 2.24) is 9.97 Å². The van der Waals surface area contributed by atoms with Crippen molar-refractivity contribution in [3.63, 3.8) is 0 Å². The number of hydrogen-bond donors (Lipinski definition) is 0. The van der Waals surface area contributed by atoms with Gasteiger partial charge in [-0.25, -0.2) is 9.97 Å². The van der Waals surface area contributed by atoms with Crippen LogP contribution in [-0.4, -0.2) is 9.97 Å². The van der Waals surface area contributed by atoms with Crippen molar-refractivity contribution in [1.29, 1.82) is 0 Å². The number of halogens is 3. The smallest absolute Gasteiger partial charge is 0.242 e. The fourth-order valence-corrected chi connectivity index (χ4v) is 0.614. The van der Waals surface area contributed by atoms with Crippen LogP contribution in [0.1, 0.15) is 25.4 Å². The lowest BCUT2D eigenvalue weighted by molar-refractivity contribution is -0.141. The summed E-state index contributed by atoms with van der Waals surface area (Å²) in [5.74, 6) is 0.125. The van der Waals surface area contributed by atoms with Crippen molar-refractivity contribution >= 4 is 0 Å². The highest BCUT2D eigenvalue weighted by Crippen LogP contribution is 2.26. The molecule has 1 heterocycles. The fourth-order valence-electron chi connectivity index (χ4n) is 0.614. The molecule has 0 amide bonds. The molecule has 0 spiro atoms. The summed E-state index contributed by atoms with van der Waals surface area (Å²) in [6.07, 6.45) is -3.28. The van der Waals surface area contributed by atoms with Gasteiger partial charge in [0.15, 0.2) is 0 Å². The molecule has 0 aliphatic rings. The van der Waals surface area contributed by atoms with Crippen LogP contribution in [0.15, 0.2) is 12.3 Å². The minimum absolute atomic E-state index is 0.125. The minimum atomic E-state index is -4.37. The Morgan fingerprint density at radius 3 is 2.08 bits per heavy atom. The van der Waals surface area contributed by atoms with Gasteiger partial charge in [-0.05, 0) is 13.0 Å². The van der Waals surface area contributed by atoms with E-state index in [9.17, 15) is 13.2 Å². The maximum absolute atomic E-state index is 11.9. The molecule has 1 aromatic rings. The quantitative estimate of drug-likeness (QED) is 0.631. The van der Waals surface area contributed by atoms with Gasteiger partial charge in [0.05, 0.1) is 0 Å². The summed E-state index contributed by atoms with van der Waals surface area (Å²) in [6.45, 7) is 5.41. The van der Waals surface area contributed by atoms with E-state index >= 15 is 0 Å². The van der Waals surface area contributed by atoms with E-state index in [0.29, 0.717) is 0 Å². The third-order valence-corrected chi connectivity index (χ3v) is 1.07. The number of nitrogens with zero attached hydrogens (tertiary/aromatic N) is 2. The van der Waals surface area contributed by atoms with E-state index in [2.05, 4.69) is 9.97 Å². The zero-order chi connectivity index (χ0) is 10.5. The lowest BCUT2D eigenvalue weighted by Crippen LogP contribution is -2.08. The summed E-state index contributed by atoms with van der Waals surface area (Å²) < 4.78 is 35.6. The predicted octanol–water partition coefficient (Wildman–Crippen LogP) is 2.83. The molecule has 0 aliphatic heterocycles. The lowest BCUT2D eigenvalue weighted by atomic mass is 10.4. The monoisotopic (exact) mass is 192 g/mol. The van der Waals surface area contributed by atoms with Crippen molar-refractivity contribution < 1.29 is 13.2 Å². The van der Waals surface area contributed by atoms with Crippen LogP contribution in [0.5, 0.6) is 0 Å². The summed E-state index contributed by atoms with van der Waals surface area (Å²) in [7, 11) is 0. The minimum Gasteiger partial charge on any atom is -0.242 e. The number of hydrogen-bond acceptors (Lipinski definition) is 2. The first-order valence-electron chi connectivity index (χ1n) is 3.87. The van der Waals surface area contributed by atoms with Crippen LogP contribution >= 0.6 is 0 Å². The molecule has 0 N–H and O–H groups in total. The zero-order valence-electron chi connectivity index (χ0n) is 7.68. The average Bonchev–Trinajstić information content (AvgIpc) is 2.06. The van der Waals surface area contributed by atoms with Gasteiger partial charge in [0.2, 0.25) is 0 Å². The van der Waals surface area contributed by atoms with Gasteiger partial charge in [-0.2, -0.15) is 13.2 Å². The highest BCUT2D eigenvalue weighted by atomic mass is 19.4. The SMILES string of the molecule is CC.Cc1nccc(C(F)(F)F)n1. The second-order valence-corrected chi connectivity index (χ2v) is 1.99. The molecule has 0 bridgehead atoms. The summed E-state index contributed by atoms with van der Waals surface area (Å²) in [4.78, 5) is 6.75. The summed E-state index contributed by atoms with van der Waals surface area (Å²) >= 11 is 0. The molecule has 0 saturated carbocycles. The van der Waals surface area contributed by atoms with E-state index in [1.54, 1.807) is 0 Å². The topological polar surface area (TPSA) is 25.8 Å². The van der Waals surface area contributed by atoms with Gasteiger partial charge >= 0.3 is 6.18 Å². The molecule has 1 aromatic heterocycles. The number of alkyl halides is 3. The maximum Gasteiger partial charge on any atom is 0.433 e. The summed E-state index contributed by atoms with van der Waals surface area (Å²) in [5, 5.41) is 0. The van der Waals surface area contributed by atoms with E-state index in [-0.39, 0.29) is 5.82 Å². The number of aryl methyl sites for hydroxylation is 1. The molecule has 74 valence electrons. The summed E-state index contributed by atoms with van der Waals surface area (Å²) in [5.41, 5.74) is -0.898. The molecule has 0 unspecified atom stereocenters. The van der Waals surface area contributed by atoms with Crippen LogP contribution in [0.25, 0.3) is 0 Å². The molecule has 0 fully saturated rings. The molecule has 0 atom stereocenters. The van der Waals surface area contributed by atoms with Crippen molar-refractivity contribution in [3.05, 3.63) is 23.8 Å². The van der Waals surface area contributed by atoms with E-state index < -0.39 is 11.9 Å². The maximum atomic E-state index is 11.9. The Hall–Kier alpha value is -1.13. The van der Waals surface area contributed by atoms with Gasteiger partial charge in [0, 0.05) is 6.20 Å². The van der Waals surface area contributed by atoms with E-state index in [4.69, 9.17) is 0 Å². The molecule has 0 aliphatic carbocycles. The van der Waals surface area contributed by atoms with Crippen LogP contribution in [0.4, 0.5) is 13.2 Å². The molecule has 13 heavy (non-hydrogen) atoms. The second kappa shape index (κ2) is 4.79. The molecule has 0 radical (unpaired) electrons. The van der Waals surface area contributed by atoms with Crippen molar-refractivity contribution in [3.8, 4) is 0 Å². The highest BCUT2D eigenvalue weighted by Gasteiger charge is 2.32. The Balaban J connectivity index is 0.000000671. The average molecular weight is 192 g/mol. The van der Waals surface area contributed by atoms with Crippen LogP contribution < -0.4 is 0 Å². The third kappa shape index (κ3) is 3.87. The van der Waals surface area contributed by atoms with E-state index in [1.807, 2.05) is 13.8 Å². The lowest BCUT2D eigenvalue weighted by Gasteiger charge is -2.04.